The number of benzene rings is 1. The lowest BCUT2D eigenvalue weighted by Crippen LogP contribution is -1.91. The molecular formula is C11H17BO. The van der Waals surface area contributed by atoms with Crippen LogP contribution >= 0.6 is 0 Å². The summed E-state index contributed by atoms with van der Waals surface area (Å²) in [5.41, 5.74) is 2.37. The largest absolute Gasteiger partial charge is 0.389 e. The zero-order valence-corrected chi connectivity index (χ0v) is 8.46. The van der Waals surface area contributed by atoms with E-state index in [1.165, 1.54) is 18.3 Å². The molecular weight excluding hydrogens is 159 g/mol. The topological polar surface area (TPSA) is 20.2 Å². The van der Waals surface area contributed by atoms with Crippen molar-refractivity contribution in [3.8, 4) is 0 Å². The summed E-state index contributed by atoms with van der Waals surface area (Å²) in [7, 11) is 2.20. The molecule has 70 valence electrons. The Morgan fingerprint density at radius 1 is 1.31 bits per heavy atom. The average Bonchev–Trinajstić information content (AvgIpc) is 2.15. The van der Waals surface area contributed by atoms with Crippen LogP contribution in [0.1, 0.15) is 30.6 Å². The van der Waals surface area contributed by atoms with Crippen molar-refractivity contribution in [2.24, 2.45) is 0 Å². The SMILES string of the molecule is BCCCc1ccc(C(C)O)cc1. The molecule has 0 bridgehead atoms. The Morgan fingerprint density at radius 3 is 2.38 bits per heavy atom. The van der Waals surface area contributed by atoms with Crippen molar-refractivity contribution in [2.45, 2.75) is 32.2 Å². The van der Waals surface area contributed by atoms with Crippen molar-refractivity contribution >= 4 is 7.85 Å². The Labute approximate surface area is 81.2 Å². The molecule has 0 saturated heterocycles. The van der Waals surface area contributed by atoms with Crippen LogP contribution in [-0.2, 0) is 6.42 Å². The minimum atomic E-state index is -0.347. The van der Waals surface area contributed by atoms with Gasteiger partial charge in [0.25, 0.3) is 0 Å². The molecule has 1 rings (SSSR count). The Morgan fingerprint density at radius 2 is 1.92 bits per heavy atom. The van der Waals surface area contributed by atoms with Gasteiger partial charge in [0.2, 0.25) is 0 Å². The summed E-state index contributed by atoms with van der Waals surface area (Å²) < 4.78 is 0. The van der Waals surface area contributed by atoms with E-state index in [-0.39, 0.29) is 6.10 Å². The van der Waals surface area contributed by atoms with Crippen LogP contribution in [0.4, 0.5) is 0 Å². The predicted molar refractivity (Wildman–Crippen MR) is 58.7 cm³/mol. The highest BCUT2D eigenvalue weighted by Crippen LogP contribution is 2.13. The average molecular weight is 176 g/mol. The van der Waals surface area contributed by atoms with Gasteiger partial charge in [0.1, 0.15) is 7.85 Å². The molecule has 1 atom stereocenters. The molecule has 0 spiro atoms. The third kappa shape index (κ3) is 3.23. The molecule has 0 aromatic heterocycles. The summed E-state index contributed by atoms with van der Waals surface area (Å²) in [5, 5.41) is 9.29. The molecule has 0 aliphatic rings. The van der Waals surface area contributed by atoms with E-state index in [0.29, 0.717) is 0 Å². The fourth-order valence-electron chi connectivity index (χ4n) is 1.34. The van der Waals surface area contributed by atoms with E-state index >= 15 is 0 Å². The number of aliphatic hydroxyl groups is 1. The number of hydrogen-bond acceptors (Lipinski definition) is 1. The highest BCUT2D eigenvalue weighted by molar-refractivity contribution is 6.08. The second-order valence-electron chi connectivity index (χ2n) is 3.52. The molecule has 1 aromatic rings. The molecule has 2 heteroatoms. The van der Waals surface area contributed by atoms with Crippen LogP contribution in [0.3, 0.4) is 0 Å². The third-order valence-electron chi connectivity index (χ3n) is 2.28. The van der Waals surface area contributed by atoms with Gasteiger partial charge in [0.05, 0.1) is 6.10 Å². The maximum Gasteiger partial charge on any atom is 0.101 e. The molecule has 0 radical (unpaired) electrons. The summed E-state index contributed by atoms with van der Waals surface area (Å²) in [5.74, 6) is 0. The Hall–Kier alpha value is -0.755. The highest BCUT2D eigenvalue weighted by Gasteiger charge is 1.99. The molecule has 0 aliphatic heterocycles. The van der Waals surface area contributed by atoms with E-state index in [1.54, 1.807) is 6.92 Å². The first kappa shape index (κ1) is 10.3. The summed E-state index contributed by atoms with van der Waals surface area (Å²) in [6.45, 7) is 1.79. The van der Waals surface area contributed by atoms with E-state index in [9.17, 15) is 5.11 Å². The molecule has 1 nitrogen and oxygen atoms in total. The van der Waals surface area contributed by atoms with Crippen molar-refractivity contribution in [2.75, 3.05) is 0 Å². The van der Waals surface area contributed by atoms with Gasteiger partial charge in [-0.15, -0.1) is 0 Å². The van der Waals surface area contributed by atoms with Crippen molar-refractivity contribution in [3.05, 3.63) is 35.4 Å². The molecule has 1 aromatic carbocycles. The number of aryl methyl sites for hydroxylation is 1. The lowest BCUT2D eigenvalue weighted by molar-refractivity contribution is 0.199. The Bertz CT molecular complexity index is 241. The van der Waals surface area contributed by atoms with Crippen LogP contribution < -0.4 is 0 Å². The maximum absolute atomic E-state index is 9.29. The van der Waals surface area contributed by atoms with Crippen molar-refractivity contribution < 1.29 is 5.11 Å². The second kappa shape index (κ2) is 5.08. The number of aliphatic hydroxyl groups excluding tert-OH is 1. The van der Waals surface area contributed by atoms with Gasteiger partial charge in [0.15, 0.2) is 0 Å². The molecule has 1 N–H and O–H groups in total. The molecule has 0 aliphatic carbocycles. The Balaban J connectivity index is 2.59. The van der Waals surface area contributed by atoms with Crippen LogP contribution in [0.2, 0.25) is 6.32 Å². The molecule has 0 amide bonds. The first-order valence-electron chi connectivity index (χ1n) is 5.01. The second-order valence-corrected chi connectivity index (χ2v) is 3.52. The van der Waals surface area contributed by atoms with Crippen molar-refractivity contribution in [3.63, 3.8) is 0 Å². The lowest BCUT2D eigenvalue weighted by atomic mass is 9.97. The van der Waals surface area contributed by atoms with E-state index < -0.39 is 0 Å². The van der Waals surface area contributed by atoms with Crippen molar-refractivity contribution in [1.82, 2.24) is 0 Å². The fraction of sp³-hybridized carbons (Fsp3) is 0.455. The fourth-order valence-corrected chi connectivity index (χ4v) is 1.34. The highest BCUT2D eigenvalue weighted by atomic mass is 16.3. The van der Waals surface area contributed by atoms with Gasteiger partial charge in [-0.1, -0.05) is 37.0 Å². The summed E-state index contributed by atoms with van der Waals surface area (Å²) in [6, 6.07) is 8.24. The first-order valence-corrected chi connectivity index (χ1v) is 5.01. The lowest BCUT2D eigenvalue weighted by Gasteiger charge is -2.05. The van der Waals surface area contributed by atoms with Gasteiger partial charge in [-0.3, -0.25) is 0 Å². The minimum absolute atomic E-state index is 0.347. The molecule has 13 heavy (non-hydrogen) atoms. The van der Waals surface area contributed by atoms with Gasteiger partial charge in [-0.05, 0) is 24.5 Å². The maximum atomic E-state index is 9.29. The number of rotatable bonds is 4. The van der Waals surface area contributed by atoms with E-state index in [0.717, 1.165) is 12.0 Å². The van der Waals surface area contributed by atoms with Gasteiger partial charge in [0, 0.05) is 0 Å². The quantitative estimate of drug-likeness (QED) is 0.692. The summed E-state index contributed by atoms with van der Waals surface area (Å²) in [4.78, 5) is 0. The third-order valence-corrected chi connectivity index (χ3v) is 2.28. The van der Waals surface area contributed by atoms with Crippen LogP contribution in [0.5, 0.6) is 0 Å². The van der Waals surface area contributed by atoms with Gasteiger partial charge >= 0.3 is 0 Å². The van der Waals surface area contributed by atoms with Gasteiger partial charge < -0.3 is 5.11 Å². The smallest absolute Gasteiger partial charge is 0.101 e. The summed E-state index contributed by atoms with van der Waals surface area (Å²) in [6.07, 6.45) is 3.28. The first-order chi connectivity index (χ1) is 6.24. The van der Waals surface area contributed by atoms with Gasteiger partial charge in [-0.2, -0.15) is 0 Å². The zero-order chi connectivity index (χ0) is 9.68. The van der Waals surface area contributed by atoms with Crippen molar-refractivity contribution in [1.29, 1.82) is 0 Å². The standard InChI is InChI=1S/C11H17BO/c1-9(13)11-6-4-10(5-7-11)3-2-8-12/h4-7,9,13H,2-3,8,12H2,1H3. The van der Waals surface area contributed by atoms with Crippen LogP contribution in [0.15, 0.2) is 24.3 Å². The van der Waals surface area contributed by atoms with E-state index in [1.807, 2.05) is 12.1 Å². The number of hydrogen-bond donors (Lipinski definition) is 1. The van der Waals surface area contributed by atoms with E-state index in [2.05, 4.69) is 20.0 Å². The van der Waals surface area contributed by atoms with Crippen LogP contribution in [-0.4, -0.2) is 13.0 Å². The molecule has 0 saturated carbocycles. The molecule has 0 fully saturated rings. The molecule has 1 unspecified atom stereocenters. The van der Waals surface area contributed by atoms with Crippen LogP contribution in [0, 0.1) is 0 Å². The molecule has 0 heterocycles. The monoisotopic (exact) mass is 176 g/mol. The van der Waals surface area contributed by atoms with Gasteiger partial charge in [-0.25, -0.2) is 0 Å². The van der Waals surface area contributed by atoms with E-state index in [4.69, 9.17) is 0 Å². The zero-order valence-electron chi connectivity index (χ0n) is 8.46. The normalized spacial score (nSPS) is 12.8. The summed E-state index contributed by atoms with van der Waals surface area (Å²) >= 11 is 0. The predicted octanol–water partition coefficient (Wildman–Crippen LogP) is 1.72. The Kier molecular flexibility index (Phi) is 4.03. The van der Waals surface area contributed by atoms with Crippen LogP contribution in [0.25, 0.3) is 0 Å². The minimum Gasteiger partial charge on any atom is -0.389 e.